The van der Waals surface area contributed by atoms with Crippen LogP contribution in [-0.2, 0) is 11.5 Å². The molecule has 32 heavy (non-hydrogen) atoms. The van der Waals surface area contributed by atoms with Gasteiger partial charge >= 0.3 is 0 Å². The van der Waals surface area contributed by atoms with Crippen molar-refractivity contribution in [3.05, 3.63) is 54.2 Å². The molecule has 1 amide bonds. The lowest BCUT2D eigenvalue weighted by Crippen LogP contribution is -2.24. The van der Waals surface area contributed by atoms with Gasteiger partial charge in [-0.25, -0.2) is 9.37 Å². The Bertz CT molecular complexity index is 1110. The maximum absolute atomic E-state index is 13.5. The highest BCUT2D eigenvalue weighted by Crippen LogP contribution is 2.34. The second kappa shape index (κ2) is 9.82. The minimum absolute atomic E-state index is 0.0920. The molecule has 10 heteroatoms. The van der Waals surface area contributed by atoms with Crippen molar-refractivity contribution in [3.63, 3.8) is 0 Å². The van der Waals surface area contributed by atoms with Crippen molar-refractivity contribution in [2.75, 3.05) is 37.5 Å². The number of hydrogen-bond acceptors (Lipinski definition) is 8. The van der Waals surface area contributed by atoms with Crippen LogP contribution in [0.15, 0.2) is 48.7 Å². The van der Waals surface area contributed by atoms with Crippen LogP contribution in [0.1, 0.15) is 5.56 Å². The number of likely N-dealkylation sites (N-methyl/N-ethyl adjacent to an activating group) is 1. The first kappa shape index (κ1) is 21.2. The number of aromatic nitrogens is 2. The zero-order chi connectivity index (χ0) is 22.3. The lowest BCUT2D eigenvalue weighted by atomic mass is 10.2. The van der Waals surface area contributed by atoms with E-state index >= 15 is 0 Å². The fourth-order valence-corrected chi connectivity index (χ4v) is 2.94. The van der Waals surface area contributed by atoms with E-state index in [2.05, 4.69) is 25.9 Å². The lowest BCUT2D eigenvalue weighted by Gasteiger charge is -2.19. The second-order valence-corrected chi connectivity index (χ2v) is 6.80. The number of halogens is 1. The molecule has 3 aromatic rings. The Labute approximate surface area is 183 Å². The molecule has 0 atom stereocenters. The van der Waals surface area contributed by atoms with Gasteiger partial charge in [0.2, 0.25) is 5.95 Å². The molecular formula is C22H22FN5O4. The smallest absolute Gasteiger partial charge is 0.257 e. The first-order valence-electron chi connectivity index (χ1n) is 9.93. The molecule has 0 radical (unpaired) electrons. The molecule has 0 unspecified atom stereocenters. The number of nitrogens with one attached hydrogen (secondary N) is 3. The quantitative estimate of drug-likeness (QED) is 0.491. The van der Waals surface area contributed by atoms with Gasteiger partial charge in [0.1, 0.15) is 31.5 Å². The third-order valence-electron chi connectivity index (χ3n) is 4.55. The number of benzene rings is 2. The van der Waals surface area contributed by atoms with Crippen LogP contribution in [0.4, 0.5) is 27.5 Å². The predicted octanol–water partition coefficient (Wildman–Crippen LogP) is 3.33. The monoisotopic (exact) mass is 439 g/mol. The summed E-state index contributed by atoms with van der Waals surface area (Å²) in [5, 5.41) is 8.67. The fourth-order valence-electron chi connectivity index (χ4n) is 2.94. The van der Waals surface area contributed by atoms with Crippen LogP contribution in [0.5, 0.6) is 17.2 Å². The molecule has 4 rings (SSSR count). The van der Waals surface area contributed by atoms with E-state index in [0.717, 1.165) is 0 Å². The standard InChI is InChI=1S/C22H22FN5O4/c1-24-20(29)13-32-17-4-2-3-15(9-17)27-22-25-12-14(11-23)21(28-22)26-16-5-6-18-19(10-16)31-8-7-30-18/h2-6,9-10,12H,7-8,11,13H2,1H3,(H,24,29)(H2,25,26,27,28). The first-order chi connectivity index (χ1) is 15.6. The summed E-state index contributed by atoms with van der Waals surface area (Å²) in [6.45, 7) is 0.158. The summed E-state index contributed by atoms with van der Waals surface area (Å²) in [7, 11) is 1.54. The van der Waals surface area contributed by atoms with E-state index in [9.17, 15) is 9.18 Å². The average Bonchev–Trinajstić information content (AvgIpc) is 2.83. The maximum atomic E-state index is 13.5. The van der Waals surface area contributed by atoms with Gasteiger partial charge in [-0.3, -0.25) is 4.79 Å². The Morgan fingerprint density at radius 2 is 1.91 bits per heavy atom. The van der Waals surface area contributed by atoms with Gasteiger partial charge in [-0.1, -0.05) is 6.07 Å². The summed E-state index contributed by atoms with van der Waals surface area (Å²) >= 11 is 0. The molecule has 3 N–H and O–H groups in total. The highest BCUT2D eigenvalue weighted by atomic mass is 19.1. The van der Waals surface area contributed by atoms with Gasteiger partial charge in [-0.05, 0) is 24.3 Å². The van der Waals surface area contributed by atoms with Crippen molar-refractivity contribution >= 4 is 29.0 Å². The normalized spacial score (nSPS) is 12.1. The van der Waals surface area contributed by atoms with E-state index in [1.54, 1.807) is 49.5 Å². The van der Waals surface area contributed by atoms with Crippen molar-refractivity contribution in [3.8, 4) is 17.2 Å². The van der Waals surface area contributed by atoms with Crippen LogP contribution in [-0.4, -0.2) is 42.7 Å². The maximum Gasteiger partial charge on any atom is 0.257 e. The zero-order valence-corrected chi connectivity index (χ0v) is 17.4. The highest BCUT2D eigenvalue weighted by Gasteiger charge is 2.14. The molecule has 0 fully saturated rings. The molecule has 0 spiro atoms. The van der Waals surface area contributed by atoms with Crippen LogP contribution in [0.25, 0.3) is 0 Å². The van der Waals surface area contributed by atoms with Crippen LogP contribution < -0.4 is 30.2 Å². The molecule has 0 aliphatic carbocycles. The topological polar surface area (TPSA) is 107 Å². The SMILES string of the molecule is CNC(=O)COc1cccc(Nc2ncc(CF)c(Nc3ccc4c(c3)OCCO4)n2)c1. The Morgan fingerprint density at radius 3 is 2.72 bits per heavy atom. The number of ether oxygens (including phenoxy) is 3. The summed E-state index contributed by atoms with van der Waals surface area (Å²) in [4.78, 5) is 20.0. The number of nitrogens with zero attached hydrogens (tertiary/aromatic N) is 2. The zero-order valence-electron chi connectivity index (χ0n) is 17.4. The molecular weight excluding hydrogens is 417 g/mol. The van der Waals surface area contributed by atoms with Gasteiger partial charge in [0.25, 0.3) is 5.91 Å². The van der Waals surface area contributed by atoms with Crippen molar-refractivity contribution < 1.29 is 23.4 Å². The third kappa shape index (κ3) is 5.15. The van der Waals surface area contributed by atoms with Gasteiger partial charge in [0, 0.05) is 42.3 Å². The lowest BCUT2D eigenvalue weighted by molar-refractivity contribution is -0.122. The van der Waals surface area contributed by atoms with Crippen LogP contribution in [0.3, 0.4) is 0 Å². The average molecular weight is 439 g/mol. The van der Waals surface area contributed by atoms with Crippen molar-refractivity contribution in [2.24, 2.45) is 0 Å². The number of anilines is 4. The largest absolute Gasteiger partial charge is 0.486 e. The van der Waals surface area contributed by atoms with Crippen molar-refractivity contribution in [1.29, 1.82) is 0 Å². The van der Waals surface area contributed by atoms with Gasteiger partial charge in [-0.15, -0.1) is 0 Å². The Hall–Kier alpha value is -4.08. The van der Waals surface area contributed by atoms with Crippen LogP contribution in [0, 0.1) is 0 Å². The molecule has 2 heterocycles. The highest BCUT2D eigenvalue weighted by molar-refractivity contribution is 5.77. The molecule has 0 bridgehead atoms. The van der Waals surface area contributed by atoms with Crippen molar-refractivity contribution in [1.82, 2.24) is 15.3 Å². The Kier molecular flexibility index (Phi) is 6.49. The van der Waals surface area contributed by atoms with E-state index < -0.39 is 6.67 Å². The number of carbonyl (C=O) groups is 1. The van der Waals surface area contributed by atoms with Gasteiger partial charge < -0.3 is 30.2 Å². The predicted molar refractivity (Wildman–Crippen MR) is 117 cm³/mol. The van der Waals surface area contributed by atoms with E-state index in [0.29, 0.717) is 53.2 Å². The number of amides is 1. The van der Waals surface area contributed by atoms with Gasteiger partial charge in [0.15, 0.2) is 18.1 Å². The minimum atomic E-state index is -0.726. The number of carbonyl (C=O) groups excluding carboxylic acids is 1. The second-order valence-electron chi connectivity index (χ2n) is 6.80. The van der Waals surface area contributed by atoms with Gasteiger partial charge in [0.05, 0.1) is 0 Å². The Morgan fingerprint density at radius 1 is 1.09 bits per heavy atom. The molecule has 1 aliphatic heterocycles. The fraction of sp³-hybridized carbons (Fsp3) is 0.227. The van der Waals surface area contributed by atoms with E-state index in [-0.39, 0.29) is 18.5 Å². The first-order valence-corrected chi connectivity index (χ1v) is 9.93. The number of alkyl halides is 1. The summed E-state index contributed by atoms with van der Waals surface area (Å²) in [6.07, 6.45) is 1.42. The number of rotatable bonds is 8. The minimum Gasteiger partial charge on any atom is -0.486 e. The summed E-state index contributed by atoms with van der Waals surface area (Å²) < 4.78 is 30.1. The number of fused-ring (bicyclic) bond motifs is 1. The summed E-state index contributed by atoms with van der Waals surface area (Å²) in [5.41, 5.74) is 1.64. The Balaban J connectivity index is 1.50. The third-order valence-corrected chi connectivity index (χ3v) is 4.55. The molecule has 9 nitrogen and oxygen atoms in total. The van der Waals surface area contributed by atoms with E-state index in [4.69, 9.17) is 14.2 Å². The van der Waals surface area contributed by atoms with Crippen LogP contribution >= 0.6 is 0 Å². The summed E-state index contributed by atoms with van der Waals surface area (Å²) in [6, 6.07) is 12.4. The molecule has 0 saturated heterocycles. The molecule has 2 aromatic carbocycles. The summed E-state index contributed by atoms with van der Waals surface area (Å²) in [5.74, 6) is 2.15. The molecule has 166 valence electrons. The molecule has 0 saturated carbocycles. The van der Waals surface area contributed by atoms with Crippen molar-refractivity contribution in [2.45, 2.75) is 6.67 Å². The molecule has 1 aliphatic rings. The van der Waals surface area contributed by atoms with Crippen LogP contribution in [0.2, 0.25) is 0 Å². The molecule has 1 aromatic heterocycles. The van der Waals surface area contributed by atoms with E-state index in [1.807, 2.05) is 0 Å². The number of hydrogen-bond donors (Lipinski definition) is 3. The van der Waals surface area contributed by atoms with E-state index in [1.165, 1.54) is 6.20 Å². The van der Waals surface area contributed by atoms with Gasteiger partial charge in [-0.2, -0.15) is 4.98 Å².